The third kappa shape index (κ3) is 3.24. The van der Waals surface area contributed by atoms with Crippen LogP contribution in [0.25, 0.3) is 0 Å². The molecule has 0 aromatic carbocycles. The molecule has 1 saturated heterocycles. The zero-order chi connectivity index (χ0) is 8.27. The second-order valence-electron chi connectivity index (χ2n) is 4.25. The van der Waals surface area contributed by atoms with Crippen molar-refractivity contribution in [1.82, 2.24) is 0 Å². The maximum Gasteiger partial charge on any atom is 0.0580 e. The summed E-state index contributed by atoms with van der Waals surface area (Å²) in [5.74, 6) is 1.66. The zero-order valence-corrected chi connectivity index (χ0v) is 7.97. The molecule has 0 amide bonds. The molecule has 1 fully saturated rings. The molecular weight excluding hydrogens is 136 g/mol. The molecule has 0 aliphatic carbocycles. The molecule has 1 heteroatoms. The Morgan fingerprint density at radius 3 is 2.73 bits per heavy atom. The quantitative estimate of drug-likeness (QED) is 0.597. The highest BCUT2D eigenvalue weighted by Crippen LogP contribution is 2.23. The Balaban J connectivity index is 2.23. The van der Waals surface area contributed by atoms with Gasteiger partial charge in [0.2, 0.25) is 0 Å². The summed E-state index contributed by atoms with van der Waals surface area (Å²) in [6, 6.07) is 0. The van der Waals surface area contributed by atoms with Crippen molar-refractivity contribution in [1.29, 1.82) is 0 Å². The van der Waals surface area contributed by atoms with Crippen LogP contribution in [0.15, 0.2) is 0 Å². The normalized spacial score (nSPS) is 32.7. The molecule has 1 nitrogen and oxygen atoms in total. The summed E-state index contributed by atoms with van der Waals surface area (Å²) in [4.78, 5) is 0. The van der Waals surface area contributed by atoms with Gasteiger partial charge in [0.1, 0.15) is 0 Å². The largest absolute Gasteiger partial charge is 0.378 e. The van der Waals surface area contributed by atoms with Crippen molar-refractivity contribution in [2.75, 3.05) is 6.61 Å². The highest BCUT2D eigenvalue weighted by atomic mass is 16.5. The van der Waals surface area contributed by atoms with Crippen LogP contribution in [0.4, 0.5) is 0 Å². The molecule has 1 heterocycles. The first-order chi connectivity index (χ1) is 5.18. The van der Waals surface area contributed by atoms with Crippen LogP contribution in [0.1, 0.15) is 40.0 Å². The van der Waals surface area contributed by atoms with Crippen LogP contribution in [0.5, 0.6) is 0 Å². The van der Waals surface area contributed by atoms with Gasteiger partial charge < -0.3 is 4.74 Å². The third-order valence-corrected chi connectivity index (χ3v) is 2.36. The summed E-state index contributed by atoms with van der Waals surface area (Å²) < 4.78 is 5.66. The van der Waals surface area contributed by atoms with Gasteiger partial charge in [-0.3, -0.25) is 0 Å². The van der Waals surface area contributed by atoms with Gasteiger partial charge in [0.05, 0.1) is 6.10 Å². The number of hydrogen-bond acceptors (Lipinski definition) is 1. The van der Waals surface area contributed by atoms with Crippen LogP contribution in [0.2, 0.25) is 0 Å². The Labute approximate surface area is 70.1 Å². The average molecular weight is 156 g/mol. The van der Waals surface area contributed by atoms with Gasteiger partial charge in [-0.1, -0.05) is 20.8 Å². The van der Waals surface area contributed by atoms with Crippen LogP contribution >= 0.6 is 0 Å². The minimum Gasteiger partial charge on any atom is -0.378 e. The van der Waals surface area contributed by atoms with Crippen LogP contribution < -0.4 is 0 Å². The number of ether oxygens (including phenoxy) is 1. The number of hydrogen-bond donors (Lipinski definition) is 0. The smallest absolute Gasteiger partial charge is 0.0580 e. The predicted molar refractivity (Wildman–Crippen MR) is 47.6 cm³/mol. The highest BCUT2D eigenvalue weighted by molar-refractivity contribution is 4.69. The van der Waals surface area contributed by atoms with E-state index in [0.29, 0.717) is 6.10 Å². The van der Waals surface area contributed by atoms with E-state index < -0.39 is 0 Å². The fourth-order valence-electron chi connectivity index (χ4n) is 1.76. The van der Waals surface area contributed by atoms with Crippen LogP contribution in [0, 0.1) is 11.8 Å². The lowest BCUT2D eigenvalue weighted by Crippen LogP contribution is -2.25. The fourth-order valence-corrected chi connectivity index (χ4v) is 1.76. The van der Waals surface area contributed by atoms with E-state index in [0.717, 1.165) is 18.4 Å². The maximum atomic E-state index is 5.66. The molecule has 0 saturated carbocycles. The minimum absolute atomic E-state index is 0.554. The average Bonchev–Trinajstić information content (AvgIpc) is 1.85. The summed E-state index contributed by atoms with van der Waals surface area (Å²) in [6.07, 6.45) is 4.33. The van der Waals surface area contributed by atoms with Gasteiger partial charge in [-0.25, -0.2) is 0 Å². The molecule has 2 atom stereocenters. The first-order valence-electron chi connectivity index (χ1n) is 4.80. The Morgan fingerprint density at radius 2 is 2.18 bits per heavy atom. The SMILES string of the molecule is CC(C)C[C@H]1CC(C)CCO1. The Morgan fingerprint density at radius 1 is 1.45 bits per heavy atom. The molecule has 0 aromatic rings. The van der Waals surface area contributed by atoms with Crippen molar-refractivity contribution in [3.63, 3.8) is 0 Å². The molecular formula is C10H20O. The molecule has 1 rings (SSSR count). The van der Waals surface area contributed by atoms with Gasteiger partial charge in [0.25, 0.3) is 0 Å². The molecule has 0 aromatic heterocycles. The third-order valence-electron chi connectivity index (χ3n) is 2.36. The summed E-state index contributed by atoms with van der Waals surface area (Å²) in [6.45, 7) is 7.85. The molecule has 1 unspecified atom stereocenters. The monoisotopic (exact) mass is 156 g/mol. The van der Waals surface area contributed by atoms with Crippen LogP contribution in [0.3, 0.4) is 0 Å². The van der Waals surface area contributed by atoms with E-state index in [4.69, 9.17) is 4.74 Å². The van der Waals surface area contributed by atoms with E-state index >= 15 is 0 Å². The van der Waals surface area contributed by atoms with Crippen molar-refractivity contribution < 1.29 is 4.74 Å². The van der Waals surface area contributed by atoms with Crippen molar-refractivity contribution in [2.24, 2.45) is 11.8 Å². The zero-order valence-electron chi connectivity index (χ0n) is 7.97. The summed E-state index contributed by atoms with van der Waals surface area (Å²) in [5.41, 5.74) is 0. The maximum absolute atomic E-state index is 5.66. The molecule has 66 valence electrons. The predicted octanol–water partition coefficient (Wildman–Crippen LogP) is 2.85. The van der Waals surface area contributed by atoms with Gasteiger partial charge in [0, 0.05) is 6.61 Å². The van der Waals surface area contributed by atoms with Crippen LogP contribution in [-0.2, 0) is 4.74 Å². The topological polar surface area (TPSA) is 9.23 Å². The van der Waals surface area contributed by atoms with Crippen molar-refractivity contribution >= 4 is 0 Å². The van der Waals surface area contributed by atoms with Crippen molar-refractivity contribution in [3.8, 4) is 0 Å². The lowest BCUT2D eigenvalue weighted by Gasteiger charge is -2.28. The molecule has 1 aliphatic rings. The standard InChI is InChI=1S/C10H20O/c1-8(2)6-10-7-9(3)4-5-11-10/h8-10H,4-7H2,1-3H3/t9?,10-/m0/s1. The summed E-state index contributed by atoms with van der Waals surface area (Å²) >= 11 is 0. The molecule has 0 bridgehead atoms. The minimum atomic E-state index is 0.554. The van der Waals surface area contributed by atoms with E-state index in [-0.39, 0.29) is 0 Å². The second-order valence-corrected chi connectivity index (χ2v) is 4.25. The van der Waals surface area contributed by atoms with E-state index in [1.54, 1.807) is 0 Å². The van der Waals surface area contributed by atoms with Gasteiger partial charge in [-0.2, -0.15) is 0 Å². The van der Waals surface area contributed by atoms with E-state index in [1.807, 2.05) is 0 Å². The highest BCUT2D eigenvalue weighted by Gasteiger charge is 2.19. The second kappa shape index (κ2) is 4.10. The van der Waals surface area contributed by atoms with Gasteiger partial charge >= 0.3 is 0 Å². The van der Waals surface area contributed by atoms with E-state index in [2.05, 4.69) is 20.8 Å². The summed E-state index contributed by atoms with van der Waals surface area (Å²) in [7, 11) is 0. The van der Waals surface area contributed by atoms with Gasteiger partial charge in [-0.05, 0) is 31.1 Å². The fraction of sp³-hybridized carbons (Fsp3) is 1.00. The molecule has 11 heavy (non-hydrogen) atoms. The van der Waals surface area contributed by atoms with E-state index in [9.17, 15) is 0 Å². The summed E-state index contributed by atoms with van der Waals surface area (Å²) in [5, 5.41) is 0. The molecule has 0 radical (unpaired) electrons. The Hall–Kier alpha value is -0.0400. The Kier molecular flexibility index (Phi) is 3.38. The van der Waals surface area contributed by atoms with Crippen LogP contribution in [-0.4, -0.2) is 12.7 Å². The Bertz CT molecular complexity index is 107. The molecule has 0 N–H and O–H groups in total. The van der Waals surface area contributed by atoms with Crippen molar-refractivity contribution in [2.45, 2.75) is 46.1 Å². The van der Waals surface area contributed by atoms with E-state index in [1.165, 1.54) is 19.3 Å². The molecule has 1 aliphatic heterocycles. The van der Waals surface area contributed by atoms with Gasteiger partial charge in [0.15, 0.2) is 0 Å². The number of rotatable bonds is 2. The lowest BCUT2D eigenvalue weighted by atomic mass is 9.93. The lowest BCUT2D eigenvalue weighted by molar-refractivity contribution is -0.0155. The first kappa shape index (κ1) is 9.05. The molecule has 0 spiro atoms. The van der Waals surface area contributed by atoms with Gasteiger partial charge in [-0.15, -0.1) is 0 Å². The van der Waals surface area contributed by atoms with Crippen molar-refractivity contribution in [3.05, 3.63) is 0 Å². The first-order valence-corrected chi connectivity index (χ1v) is 4.80.